The number of nitrogens with one attached hydrogen (secondary N) is 2. The molecule has 1 aliphatic heterocycles. The van der Waals surface area contributed by atoms with Crippen LogP contribution in [0.15, 0.2) is 10.9 Å². The molecule has 1 aliphatic rings. The van der Waals surface area contributed by atoms with Gasteiger partial charge in [0.2, 0.25) is 0 Å². The third kappa shape index (κ3) is 3.04. The Labute approximate surface area is 88.9 Å². The molecule has 14 heavy (non-hydrogen) atoms. The Balaban J connectivity index is 1.55. The van der Waals surface area contributed by atoms with Gasteiger partial charge in [0.25, 0.3) is 0 Å². The number of thiazole rings is 1. The SMILES string of the molecule is c1nc(CNCCC2CCCN2)cs1. The third-order valence-electron chi connectivity index (χ3n) is 2.62. The number of nitrogens with zero attached hydrogens (tertiary/aromatic N) is 1. The first-order valence-electron chi connectivity index (χ1n) is 5.26. The molecule has 3 nitrogen and oxygen atoms in total. The molecule has 4 heteroatoms. The van der Waals surface area contributed by atoms with Gasteiger partial charge >= 0.3 is 0 Å². The van der Waals surface area contributed by atoms with Gasteiger partial charge in [-0.3, -0.25) is 0 Å². The van der Waals surface area contributed by atoms with E-state index in [4.69, 9.17) is 0 Å². The van der Waals surface area contributed by atoms with Gasteiger partial charge in [0.05, 0.1) is 11.2 Å². The minimum absolute atomic E-state index is 0.748. The molecular formula is C10H17N3S. The van der Waals surface area contributed by atoms with Crippen molar-refractivity contribution in [1.82, 2.24) is 15.6 Å². The van der Waals surface area contributed by atoms with E-state index in [1.807, 2.05) is 5.51 Å². The average Bonchev–Trinajstić information content (AvgIpc) is 2.86. The molecular weight excluding hydrogens is 194 g/mol. The van der Waals surface area contributed by atoms with Gasteiger partial charge in [-0.25, -0.2) is 4.98 Å². The zero-order chi connectivity index (χ0) is 9.64. The number of aromatic nitrogens is 1. The van der Waals surface area contributed by atoms with Crippen molar-refractivity contribution in [2.24, 2.45) is 0 Å². The number of rotatable bonds is 5. The second kappa shape index (κ2) is 5.44. The van der Waals surface area contributed by atoms with Gasteiger partial charge in [-0.2, -0.15) is 0 Å². The van der Waals surface area contributed by atoms with Crippen LogP contribution in [0.4, 0.5) is 0 Å². The summed E-state index contributed by atoms with van der Waals surface area (Å²) in [6.45, 7) is 3.21. The van der Waals surface area contributed by atoms with E-state index in [-0.39, 0.29) is 0 Å². The molecule has 1 unspecified atom stereocenters. The van der Waals surface area contributed by atoms with Crippen molar-refractivity contribution in [1.29, 1.82) is 0 Å². The topological polar surface area (TPSA) is 37.0 Å². The molecule has 0 amide bonds. The van der Waals surface area contributed by atoms with Crippen molar-refractivity contribution in [3.8, 4) is 0 Å². The van der Waals surface area contributed by atoms with E-state index in [2.05, 4.69) is 21.0 Å². The lowest BCUT2D eigenvalue weighted by Gasteiger charge is -2.09. The summed E-state index contributed by atoms with van der Waals surface area (Å²) in [5.41, 5.74) is 3.05. The second-order valence-electron chi connectivity index (χ2n) is 3.74. The zero-order valence-electron chi connectivity index (χ0n) is 8.33. The maximum Gasteiger partial charge on any atom is 0.0795 e. The van der Waals surface area contributed by atoms with E-state index < -0.39 is 0 Å². The van der Waals surface area contributed by atoms with Gasteiger partial charge in [0.1, 0.15) is 0 Å². The van der Waals surface area contributed by atoms with Crippen LogP contribution in [0.5, 0.6) is 0 Å². The highest BCUT2D eigenvalue weighted by Gasteiger charge is 2.12. The second-order valence-corrected chi connectivity index (χ2v) is 4.46. The predicted molar refractivity (Wildman–Crippen MR) is 59.5 cm³/mol. The normalized spacial score (nSPS) is 21.6. The van der Waals surface area contributed by atoms with Crippen LogP contribution in [0.1, 0.15) is 25.0 Å². The molecule has 1 aromatic heterocycles. The quantitative estimate of drug-likeness (QED) is 0.722. The fraction of sp³-hybridized carbons (Fsp3) is 0.700. The molecule has 2 heterocycles. The molecule has 1 aromatic rings. The van der Waals surface area contributed by atoms with E-state index in [1.54, 1.807) is 11.3 Å². The molecule has 0 radical (unpaired) electrons. The van der Waals surface area contributed by atoms with E-state index in [0.717, 1.165) is 24.8 Å². The van der Waals surface area contributed by atoms with Crippen LogP contribution >= 0.6 is 11.3 Å². The van der Waals surface area contributed by atoms with Crippen LogP contribution in [-0.2, 0) is 6.54 Å². The highest BCUT2D eigenvalue weighted by Crippen LogP contribution is 2.07. The van der Waals surface area contributed by atoms with E-state index in [9.17, 15) is 0 Å². The maximum absolute atomic E-state index is 4.23. The molecule has 0 aromatic carbocycles. The van der Waals surface area contributed by atoms with Gasteiger partial charge in [0, 0.05) is 18.0 Å². The standard InChI is InChI=1S/C10H17N3S/c1-2-9(12-4-1)3-5-11-6-10-7-14-8-13-10/h7-9,11-12H,1-6H2. The summed E-state index contributed by atoms with van der Waals surface area (Å²) in [5, 5.41) is 9.01. The molecule has 0 bridgehead atoms. The number of hydrogen-bond donors (Lipinski definition) is 2. The lowest BCUT2D eigenvalue weighted by atomic mass is 10.1. The van der Waals surface area contributed by atoms with Crippen LogP contribution in [0, 0.1) is 0 Å². The molecule has 2 rings (SSSR count). The average molecular weight is 211 g/mol. The van der Waals surface area contributed by atoms with Crippen molar-refractivity contribution < 1.29 is 0 Å². The molecule has 1 fully saturated rings. The van der Waals surface area contributed by atoms with Crippen LogP contribution in [0.25, 0.3) is 0 Å². The Kier molecular flexibility index (Phi) is 3.91. The van der Waals surface area contributed by atoms with Gasteiger partial charge in [0.15, 0.2) is 0 Å². The monoisotopic (exact) mass is 211 g/mol. The smallest absolute Gasteiger partial charge is 0.0795 e. The fourth-order valence-corrected chi connectivity index (χ4v) is 2.38. The van der Waals surface area contributed by atoms with E-state index >= 15 is 0 Å². The largest absolute Gasteiger partial charge is 0.314 e. The molecule has 0 saturated carbocycles. The zero-order valence-corrected chi connectivity index (χ0v) is 9.15. The highest BCUT2D eigenvalue weighted by molar-refractivity contribution is 7.07. The van der Waals surface area contributed by atoms with Gasteiger partial charge in [-0.1, -0.05) is 0 Å². The maximum atomic E-state index is 4.23. The van der Waals surface area contributed by atoms with Crippen LogP contribution < -0.4 is 10.6 Å². The van der Waals surface area contributed by atoms with Crippen LogP contribution in [0.3, 0.4) is 0 Å². The summed E-state index contributed by atoms with van der Waals surface area (Å²) >= 11 is 1.66. The summed E-state index contributed by atoms with van der Waals surface area (Å²) in [4.78, 5) is 4.23. The van der Waals surface area contributed by atoms with Crippen molar-refractivity contribution in [2.75, 3.05) is 13.1 Å². The van der Waals surface area contributed by atoms with Crippen molar-refractivity contribution in [3.63, 3.8) is 0 Å². The van der Waals surface area contributed by atoms with Gasteiger partial charge < -0.3 is 10.6 Å². The summed E-state index contributed by atoms with van der Waals surface area (Å²) in [6, 6.07) is 0.748. The lowest BCUT2D eigenvalue weighted by molar-refractivity contribution is 0.522. The Hall–Kier alpha value is -0.450. The van der Waals surface area contributed by atoms with Crippen LogP contribution in [-0.4, -0.2) is 24.1 Å². The Morgan fingerprint density at radius 3 is 3.36 bits per heavy atom. The minimum Gasteiger partial charge on any atom is -0.314 e. The Morgan fingerprint density at radius 2 is 2.64 bits per heavy atom. The van der Waals surface area contributed by atoms with Crippen molar-refractivity contribution in [2.45, 2.75) is 31.8 Å². The van der Waals surface area contributed by atoms with E-state index in [1.165, 1.54) is 25.8 Å². The van der Waals surface area contributed by atoms with E-state index in [0.29, 0.717) is 0 Å². The first-order chi connectivity index (χ1) is 6.95. The van der Waals surface area contributed by atoms with Gasteiger partial charge in [-0.05, 0) is 32.4 Å². The summed E-state index contributed by atoms with van der Waals surface area (Å²) < 4.78 is 0. The Morgan fingerprint density at radius 1 is 1.64 bits per heavy atom. The van der Waals surface area contributed by atoms with Gasteiger partial charge in [-0.15, -0.1) is 11.3 Å². The summed E-state index contributed by atoms with van der Waals surface area (Å²) in [7, 11) is 0. The summed E-state index contributed by atoms with van der Waals surface area (Å²) in [5.74, 6) is 0. The fourth-order valence-electron chi connectivity index (χ4n) is 1.82. The Bertz CT molecular complexity index is 242. The minimum atomic E-state index is 0.748. The van der Waals surface area contributed by atoms with Crippen LogP contribution in [0.2, 0.25) is 0 Å². The first-order valence-corrected chi connectivity index (χ1v) is 6.20. The molecule has 0 spiro atoms. The first kappa shape index (κ1) is 10.1. The number of hydrogen-bond acceptors (Lipinski definition) is 4. The molecule has 0 aliphatic carbocycles. The van der Waals surface area contributed by atoms with Crippen molar-refractivity contribution >= 4 is 11.3 Å². The summed E-state index contributed by atoms with van der Waals surface area (Å²) in [6.07, 6.45) is 3.93. The molecule has 2 N–H and O–H groups in total. The third-order valence-corrected chi connectivity index (χ3v) is 3.26. The highest BCUT2D eigenvalue weighted by atomic mass is 32.1. The van der Waals surface area contributed by atoms with Crippen molar-refractivity contribution in [3.05, 3.63) is 16.6 Å². The predicted octanol–water partition coefficient (Wildman–Crippen LogP) is 1.37. The molecule has 1 atom stereocenters. The molecule has 1 saturated heterocycles. The molecule has 78 valence electrons. The lowest BCUT2D eigenvalue weighted by Crippen LogP contribution is -2.26.